The third-order valence-electron chi connectivity index (χ3n) is 3.13. The smallest absolute Gasteiger partial charge is 0.207 e. The molecule has 0 aliphatic heterocycles. The van der Waals surface area contributed by atoms with Gasteiger partial charge >= 0.3 is 0 Å². The Balaban J connectivity index is 2.41. The van der Waals surface area contributed by atoms with Crippen LogP contribution in [0, 0.1) is 10.5 Å². The lowest BCUT2D eigenvalue weighted by molar-refractivity contribution is 0.663. The fourth-order valence-corrected chi connectivity index (χ4v) is 2.90. The molecule has 0 spiro atoms. The maximum atomic E-state index is 6.10. The molecule has 1 aromatic carbocycles. The van der Waals surface area contributed by atoms with Crippen molar-refractivity contribution in [2.75, 3.05) is 5.73 Å². The number of benzene rings is 1. The van der Waals surface area contributed by atoms with Crippen LogP contribution in [0.4, 0.5) is 5.95 Å². The van der Waals surface area contributed by atoms with Crippen molar-refractivity contribution in [2.45, 2.75) is 20.4 Å². The second kappa shape index (κ2) is 4.52. The van der Waals surface area contributed by atoms with Crippen LogP contribution in [-0.4, -0.2) is 19.3 Å². The van der Waals surface area contributed by atoms with Gasteiger partial charge in [-0.2, -0.15) is 5.10 Å². The maximum absolute atomic E-state index is 6.10. The number of nitrogens with zero attached hydrogens (tertiary/aromatic N) is 4. The van der Waals surface area contributed by atoms with Gasteiger partial charge in [-0.05, 0) is 48.6 Å². The van der Waals surface area contributed by atoms with E-state index in [1.807, 2.05) is 34.4 Å². The van der Waals surface area contributed by atoms with E-state index >= 15 is 0 Å². The van der Waals surface area contributed by atoms with Crippen molar-refractivity contribution in [3.05, 3.63) is 33.5 Å². The van der Waals surface area contributed by atoms with Gasteiger partial charge < -0.3 is 5.73 Å². The zero-order valence-electron chi connectivity index (χ0n) is 10.8. The summed E-state index contributed by atoms with van der Waals surface area (Å²) in [6, 6.07) is 8.11. The highest BCUT2D eigenvalue weighted by molar-refractivity contribution is 14.1. The molecule has 2 aromatic heterocycles. The van der Waals surface area contributed by atoms with E-state index in [0.717, 1.165) is 32.7 Å². The van der Waals surface area contributed by atoms with Crippen LogP contribution in [0.5, 0.6) is 0 Å². The summed E-state index contributed by atoms with van der Waals surface area (Å²) in [6.07, 6.45) is 0. The van der Waals surface area contributed by atoms with Gasteiger partial charge in [-0.25, -0.2) is 9.67 Å². The highest BCUT2D eigenvalue weighted by atomic mass is 127. The number of nitrogens with two attached hydrogens (primary N) is 1. The Labute approximate surface area is 124 Å². The third-order valence-corrected chi connectivity index (χ3v) is 4.04. The van der Waals surface area contributed by atoms with Gasteiger partial charge in [0.15, 0.2) is 5.65 Å². The number of rotatable bonds is 2. The highest BCUT2D eigenvalue weighted by Gasteiger charge is 2.18. The Morgan fingerprint density at radius 2 is 2.05 bits per heavy atom. The first-order valence-corrected chi connectivity index (χ1v) is 7.17. The van der Waals surface area contributed by atoms with E-state index in [2.05, 4.69) is 45.7 Å². The Bertz CT molecular complexity index is 756. The first-order valence-electron chi connectivity index (χ1n) is 6.09. The molecule has 0 saturated heterocycles. The molecule has 0 saturated carbocycles. The number of aryl methyl sites for hydroxylation is 2. The molecule has 19 heavy (non-hydrogen) atoms. The Morgan fingerprint density at radius 1 is 1.32 bits per heavy atom. The van der Waals surface area contributed by atoms with Crippen molar-refractivity contribution >= 4 is 39.7 Å². The molecule has 0 amide bonds. The molecule has 2 N–H and O–H groups in total. The van der Waals surface area contributed by atoms with Crippen molar-refractivity contribution < 1.29 is 0 Å². The van der Waals surface area contributed by atoms with Crippen molar-refractivity contribution in [3.63, 3.8) is 0 Å². The predicted molar refractivity (Wildman–Crippen MR) is 84.4 cm³/mol. The molecule has 0 aliphatic rings. The van der Waals surface area contributed by atoms with Crippen LogP contribution in [0.3, 0.4) is 0 Å². The first kappa shape index (κ1) is 12.5. The number of aromatic nitrogens is 4. The van der Waals surface area contributed by atoms with Gasteiger partial charge in [-0.15, -0.1) is 0 Å². The SMILES string of the molecule is CCn1nc(C)c2nc(N)n(-c3ccccc3I)c21. The lowest BCUT2D eigenvalue weighted by atomic mass is 10.3. The largest absolute Gasteiger partial charge is 0.369 e. The first-order chi connectivity index (χ1) is 9.13. The van der Waals surface area contributed by atoms with Crippen molar-refractivity contribution in [3.8, 4) is 5.69 Å². The molecule has 0 bridgehead atoms. The van der Waals surface area contributed by atoms with Crippen molar-refractivity contribution in [1.82, 2.24) is 19.3 Å². The predicted octanol–water partition coefficient (Wildman–Crippen LogP) is 2.74. The van der Waals surface area contributed by atoms with Gasteiger partial charge in [0, 0.05) is 10.1 Å². The second-order valence-electron chi connectivity index (χ2n) is 4.33. The number of anilines is 1. The number of hydrogen-bond donors (Lipinski definition) is 1. The van der Waals surface area contributed by atoms with E-state index in [-0.39, 0.29) is 0 Å². The molecule has 6 heteroatoms. The fraction of sp³-hybridized carbons (Fsp3) is 0.231. The number of halogens is 1. The van der Waals surface area contributed by atoms with E-state index in [1.165, 1.54) is 0 Å². The second-order valence-corrected chi connectivity index (χ2v) is 5.49. The Hall–Kier alpha value is -1.57. The number of para-hydroxylation sites is 1. The van der Waals surface area contributed by atoms with Gasteiger partial charge in [-0.1, -0.05) is 12.1 Å². The van der Waals surface area contributed by atoms with Crippen LogP contribution >= 0.6 is 22.6 Å². The van der Waals surface area contributed by atoms with Gasteiger partial charge in [0.1, 0.15) is 5.52 Å². The molecule has 98 valence electrons. The van der Waals surface area contributed by atoms with Crippen molar-refractivity contribution in [2.24, 2.45) is 0 Å². The topological polar surface area (TPSA) is 61.7 Å². The standard InChI is InChI=1S/C13H14IN5/c1-3-18-12-11(8(2)17-18)16-13(15)19(12)10-7-5-4-6-9(10)14/h4-7H,3H2,1-2H3,(H2,15,16). The minimum absolute atomic E-state index is 0.502. The lowest BCUT2D eigenvalue weighted by Gasteiger charge is -2.09. The minimum Gasteiger partial charge on any atom is -0.369 e. The molecule has 0 atom stereocenters. The van der Waals surface area contributed by atoms with Crippen LogP contribution in [0.25, 0.3) is 16.9 Å². The number of hydrogen-bond acceptors (Lipinski definition) is 3. The lowest BCUT2D eigenvalue weighted by Crippen LogP contribution is -2.07. The molecule has 0 unspecified atom stereocenters. The normalized spacial score (nSPS) is 11.3. The fourth-order valence-electron chi connectivity index (χ4n) is 2.28. The van der Waals surface area contributed by atoms with Gasteiger partial charge in [0.25, 0.3) is 0 Å². The monoisotopic (exact) mass is 367 g/mol. The van der Waals surface area contributed by atoms with E-state index < -0.39 is 0 Å². The number of imidazole rings is 1. The summed E-state index contributed by atoms with van der Waals surface area (Å²) in [6.45, 7) is 4.81. The summed E-state index contributed by atoms with van der Waals surface area (Å²) < 4.78 is 5.05. The summed E-state index contributed by atoms with van der Waals surface area (Å²) in [5.41, 5.74) is 9.88. The van der Waals surface area contributed by atoms with E-state index in [9.17, 15) is 0 Å². The van der Waals surface area contributed by atoms with Crippen LogP contribution in [0.15, 0.2) is 24.3 Å². The summed E-state index contributed by atoms with van der Waals surface area (Å²) in [5.74, 6) is 0.502. The van der Waals surface area contributed by atoms with Gasteiger partial charge in [0.2, 0.25) is 5.95 Å². The Morgan fingerprint density at radius 3 is 2.74 bits per heavy atom. The molecule has 5 nitrogen and oxygen atoms in total. The molecular weight excluding hydrogens is 353 g/mol. The number of fused-ring (bicyclic) bond motifs is 1. The molecule has 0 radical (unpaired) electrons. The van der Waals surface area contributed by atoms with E-state index in [0.29, 0.717) is 5.95 Å². The summed E-state index contributed by atoms with van der Waals surface area (Å²) in [4.78, 5) is 4.45. The third kappa shape index (κ3) is 1.81. The quantitative estimate of drug-likeness (QED) is 0.709. The van der Waals surface area contributed by atoms with Crippen molar-refractivity contribution in [1.29, 1.82) is 0 Å². The zero-order valence-corrected chi connectivity index (χ0v) is 12.9. The van der Waals surface area contributed by atoms with E-state index in [4.69, 9.17) is 5.73 Å². The Kier molecular flexibility index (Phi) is 2.96. The molecule has 0 aliphatic carbocycles. The minimum atomic E-state index is 0.502. The molecular formula is C13H14IN5. The van der Waals surface area contributed by atoms with Crippen LogP contribution < -0.4 is 5.73 Å². The average Bonchev–Trinajstić information content (AvgIpc) is 2.88. The van der Waals surface area contributed by atoms with Crippen LogP contribution in [0.1, 0.15) is 12.6 Å². The molecule has 2 heterocycles. The van der Waals surface area contributed by atoms with Crippen LogP contribution in [-0.2, 0) is 6.54 Å². The molecule has 3 rings (SSSR count). The maximum Gasteiger partial charge on any atom is 0.207 e. The summed E-state index contributed by atoms with van der Waals surface area (Å²) in [7, 11) is 0. The van der Waals surface area contributed by atoms with Crippen LogP contribution in [0.2, 0.25) is 0 Å². The molecule has 0 fully saturated rings. The summed E-state index contributed by atoms with van der Waals surface area (Å²) >= 11 is 2.31. The summed E-state index contributed by atoms with van der Waals surface area (Å²) in [5, 5.41) is 4.50. The molecule has 3 aromatic rings. The number of nitrogen functional groups attached to an aromatic ring is 1. The zero-order chi connectivity index (χ0) is 13.6. The average molecular weight is 367 g/mol. The van der Waals surface area contributed by atoms with E-state index in [1.54, 1.807) is 0 Å². The highest BCUT2D eigenvalue weighted by Crippen LogP contribution is 2.27. The van der Waals surface area contributed by atoms with Gasteiger partial charge in [0.05, 0.1) is 11.4 Å². The van der Waals surface area contributed by atoms with Gasteiger partial charge in [-0.3, -0.25) is 4.57 Å².